The molecule has 2 N–H and O–H groups in total. The van der Waals surface area contributed by atoms with E-state index in [2.05, 4.69) is 57.8 Å². The van der Waals surface area contributed by atoms with Gasteiger partial charge in [0.25, 0.3) is 0 Å². The van der Waals surface area contributed by atoms with Crippen molar-refractivity contribution in [3.05, 3.63) is 63.7 Å². The quantitative estimate of drug-likeness (QED) is 0.468. The van der Waals surface area contributed by atoms with Crippen LogP contribution in [0.3, 0.4) is 0 Å². The zero-order valence-electron chi connectivity index (χ0n) is 22.8. The smallest absolute Gasteiger partial charge is 0.234 e. The number of rotatable bonds is 6. The lowest BCUT2D eigenvalue weighted by atomic mass is 9.85. The normalized spacial score (nSPS) is 23.0. The number of piperazine rings is 1. The number of hydrogen-bond donors (Lipinski definition) is 2. The summed E-state index contributed by atoms with van der Waals surface area (Å²) in [5.74, 6) is 1.26. The number of nitriles is 2. The average molecular weight is 556 g/mol. The molecule has 0 amide bonds. The van der Waals surface area contributed by atoms with Gasteiger partial charge in [0.2, 0.25) is 5.88 Å². The van der Waals surface area contributed by atoms with Gasteiger partial charge in [-0.3, -0.25) is 0 Å². The summed E-state index contributed by atoms with van der Waals surface area (Å²) in [6, 6.07) is 17.1. The van der Waals surface area contributed by atoms with Gasteiger partial charge in [-0.15, -0.1) is 0 Å². The van der Waals surface area contributed by atoms with Crippen LogP contribution in [-0.2, 0) is 6.42 Å². The minimum Gasteiger partial charge on any atom is -0.475 e. The van der Waals surface area contributed by atoms with Crippen LogP contribution >= 0.6 is 11.6 Å². The number of halogens is 1. The second-order valence-electron chi connectivity index (χ2n) is 11.0. The molecule has 3 aromatic rings. The van der Waals surface area contributed by atoms with Crippen LogP contribution in [-0.4, -0.2) is 68.3 Å². The third-order valence-corrected chi connectivity index (χ3v) is 8.90. The molecule has 40 heavy (non-hydrogen) atoms. The summed E-state index contributed by atoms with van der Waals surface area (Å²) in [6.45, 7) is 4.52. The fraction of sp³-hybridized carbons (Fsp3) is 0.452. The van der Waals surface area contributed by atoms with Crippen molar-refractivity contribution in [2.75, 3.05) is 51.3 Å². The number of aromatic nitrogens is 1. The Labute approximate surface area is 240 Å². The standard InChI is InChI=1S/C31H34ClN7O/c1-38-15-4-7-22(38)19-40-31-25(17-34)28-24(30(37-31)39-16-14-35-21(18-39)10-12-33)11-13-36-29(28)23-8-2-5-20-6-3-9-26(32)27(20)23/h2-3,5-6,8-9,21-22,29,35-36H,4,7,10-11,13-16,18-19H2,1H3/t21?,22-,29?/m0/s1. The molecule has 1 aromatic heterocycles. The number of likely N-dealkylation sites (tertiary alicyclic amines) is 1. The number of pyridine rings is 1. The summed E-state index contributed by atoms with van der Waals surface area (Å²) in [7, 11) is 2.12. The van der Waals surface area contributed by atoms with Crippen molar-refractivity contribution in [2.45, 2.75) is 43.8 Å². The lowest BCUT2D eigenvalue weighted by molar-refractivity contribution is 0.192. The van der Waals surface area contributed by atoms with Crippen LogP contribution in [0.25, 0.3) is 10.8 Å². The van der Waals surface area contributed by atoms with Crippen molar-refractivity contribution in [3.63, 3.8) is 0 Å². The van der Waals surface area contributed by atoms with Crippen LogP contribution in [0, 0.1) is 22.7 Å². The molecule has 0 spiro atoms. The van der Waals surface area contributed by atoms with Crippen molar-refractivity contribution >= 4 is 28.2 Å². The number of nitrogens with one attached hydrogen (secondary N) is 2. The van der Waals surface area contributed by atoms with Crippen LogP contribution in [0.15, 0.2) is 36.4 Å². The first-order valence-electron chi connectivity index (χ1n) is 14.1. The van der Waals surface area contributed by atoms with Crippen LogP contribution in [0.2, 0.25) is 5.02 Å². The second kappa shape index (κ2) is 11.6. The predicted octanol–water partition coefficient (Wildman–Crippen LogP) is 4.16. The largest absolute Gasteiger partial charge is 0.475 e. The van der Waals surface area contributed by atoms with Crippen molar-refractivity contribution in [1.29, 1.82) is 10.5 Å². The Hall–Kier alpha value is -3.40. The molecule has 4 heterocycles. The number of fused-ring (bicyclic) bond motifs is 2. The van der Waals surface area contributed by atoms with E-state index in [9.17, 15) is 10.5 Å². The summed E-state index contributed by atoms with van der Waals surface area (Å²) in [4.78, 5) is 9.65. The van der Waals surface area contributed by atoms with Crippen LogP contribution in [0.1, 0.15) is 47.6 Å². The first kappa shape index (κ1) is 26.8. The van der Waals surface area contributed by atoms with Crippen molar-refractivity contribution in [1.82, 2.24) is 20.5 Å². The molecule has 2 aromatic carbocycles. The number of nitrogens with zero attached hydrogens (tertiary/aromatic N) is 5. The topological polar surface area (TPSA) is 100 Å². The molecule has 9 heteroatoms. The predicted molar refractivity (Wildman–Crippen MR) is 157 cm³/mol. The van der Waals surface area contributed by atoms with Gasteiger partial charge in [-0.25, -0.2) is 0 Å². The van der Waals surface area contributed by atoms with Crippen LogP contribution in [0.4, 0.5) is 5.82 Å². The average Bonchev–Trinajstić information content (AvgIpc) is 3.39. The first-order chi connectivity index (χ1) is 19.6. The van der Waals surface area contributed by atoms with E-state index in [1.165, 1.54) is 0 Å². The molecule has 2 unspecified atom stereocenters. The maximum absolute atomic E-state index is 10.6. The highest BCUT2D eigenvalue weighted by molar-refractivity contribution is 6.35. The van der Waals surface area contributed by atoms with E-state index in [0.29, 0.717) is 42.1 Å². The highest BCUT2D eigenvalue weighted by atomic mass is 35.5. The van der Waals surface area contributed by atoms with E-state index < -0.39 is 0 Å². The van der Waals surface area contributed by atoms with Gasteiger partial charge in [0.05, 0.1) is 18.5 Å². The van der Waals surface area contributed by atoms with E-state index in [1.54, 1.807) is 0 Å². The van der Waals surface area contributed by atoms with Crippen molar-refractivity contribution < 1.29 is 4.74 Å². The highest BCUT2D eigenvalue weighted by Gasteiger charge is 2.34. The SMILES string of the molecule is CN1CCC[C@H]1COc1nc(N2CCNC(CC#N)C2)c2c(c1C#N)C(c1cccc3cccc(Cl)c13)NCC2. The summed E-state index contributed by atoms with van der Waals surface area (Å²) < 4.78 is 6.43. The fourth-order valence-corrected chi connectivity index (χ4v) is 6.84. The van der Waals surface area contributed by atoms with Gasteiger partial charge in [-0.2, -0.15) is 15.5 Å². The Bertz CT molecular complexity index is 1490. The molecule has 8 nitrogen and oxygen atoms in total. The lowest BCUT2D eigenvalue weighted by Gasteiger charge is -2.38. The molecule has 0 saturated carbocycles. The highest BCUT2D eigenvalue weighted by Crippen LogP contribution is 2.42. The molecule has 2 saturated heterocycles. The van der Waals surface area contributed by atoms with E-state index in [0.717, 1.165) is 78.7 Å². The monoisotopic (exact) mass is 555 g/mol. The molecule has 0 radical (unpaired) electrons. The Kier molecular flexibility index (Phi) is 7.78. The molecule has 3 aliphatic heterocycles. The Morgan fingerprint density at radius 3 is 2.75 bits per heavy atom. The third kappa shape index (κ3) is 4.98. The second-order valence-corrected chi connectivity index (χ2v) is 11.4. The van der Waals surface area contributed by atoms with Gasteiger partial charge in [0.15, 0.2) is 0 Å². The van der Waals surface area contributed by atoms with E-state index in [4.69, 9.17) is 21.3 Å². The Morgan fingerprint density at radius 2 is 1.98 bits per heavy atom. The van der Waals surface area contributed by atoms with Gasteiger partial charge >= 0.3 is 0 Å². The van der Waals surface area contributed by atoms with Gasteiger partial charge in [-0.05, 0) is 49.9 Å². The van der Waals surface area contributed by atoms with Gasteiger partial charge in [0.1, 0.15) is 24.1 Å². The molecule has 3 aliphatic rings. The maximum atomic E-state index is 10.6. The maximum Gasteiger partial charge on any atom is 0.234 e. The molecule has 0 bridgehead atoms. The van der Waals surface area contributed by atoms with Crippen molar-refractivity contribution in [2.24, 2.45) is 0 Å². The summed E-state index contributed by atoms with van der Waals surface area (Å²) in [5, 5.41) is 29.8. The zero-order chi connectivity index (χ0) is 27.6. The van der Waals surface area contributed by atoms with Gasteiger partial charge in [0, 0.05) is 59.8 Å². The van der Waals surface area contributed by atoms with Crippen LogP contribution < -0.4 is 20.3 Å². The van der Waals surface area contributed by atoms with Crippen LogP contribution in [0.5, 0.6) is 5.88 Å². The summed E-state index contributed by atoms with van der Waals surface area (Å²) >= 11 is 6.77. The molecule has 206 valence electrons. The number of anilines is 1. The van der Waals surface area contributed by atoms with Gasteiger partial charge < -0.3 is 25.2 Å². The number of hydrogen-bond acceptors (Lipinski definition) is 8. The molecule has 3 atom stereocenters. The van der Waals surface area contributed by atoms with E-state index in [-0.39, 0.29) is 12.1 Å². The summed E-state index contributed by atoms with van der Waals surface area (Å²) in [5.41, 5.74) is 3.54. The number of benzene rings is 2. The Morgan fingerprint density at radius 1 is 1.12 bits per heavy atom. The minimum absolute atomic E-state index is 0.0673. The third-order valence-electron chi connectivity index (χ3n) is 8.58. The molecular formula is C31H34ClN7O. The number of likely N-dealkylation sites (N-methyl/N-ethyl adjacent to an activating group) is 1. The lowest BCUT2D eigenvalue weighted by Crippen LogP contribution is -2.51. The first-order valence-corrected chi connectivity index (χ1v) is 14.5. The van der Waals surface area contributed by atoms with E-state index in [1.807, 2.05) is 18.2 Å². The number of ether oxygens (including phenoxy) is 1. The molecule has 0 aliphatic carbocycles. The van der Waals surface area contributed by atoms with Gasteiger partial charge in [-0.1, -0.05) is 41.9 Å². The summed E-state index contributed by atoms with van der Waals surface area (Å²) in [6.07, 6.45) is 3.40. The zero-order valence-corrected chi connectivity index (χ0v) is 23.5. The Balaban J connectivity index is 1.50. The molecule has 2 fully saturated rings. The molecular weight excluding hydrogens is 522 g/mol. The minimum atomic E-state index is -0.238. The van der Waals surface area contributed by atoms with Crippen molar-refractivity contribution in [3.8, 4) is 18.0 Å². The fourth-order valence-electron chi connectivity index (χ4n) is 6.55. The van der Waals surface area contributed by atoms with E-state index >= 15 is 0 Å². The molecule has 6 rings (SSSR count).